The van der Waals surface area contributed by atoms with Crippen molar-refractivity contribution in [1.29, 1.82) is 5.26 Å². The van der Waals surface area contributed by atoms with Crippen LogP contribution in [0.1, 0.15) is 54.4 Å². The summed E-state index contributed by atoms with van der Waals surface area (Å²) in [6.07, 6.45) is -0.605. The minimum atomic E-state index is -2.70. The number of carbonyl (C=O) groups excluding carboxylic acids is 2. The second-order valence-electron chi connectivity index (χ2n) is 13.2. The van der Waals surface area contributed by atoms with Gasteiger partial charge in [-0.15, -0.1) is 4.67 Å². The molecule has 0 bridgehead atoms. The van der Waals surface area contributed by atoms with Gasteiger partial charge in [0.1, 0.15) is 41.3 Å². The van der Waals surface area contributed by atoms with Crippen molar-refractivity contribution in [1.82, 2.24) is 14.9 Å². The number of halogens is 1. The van der Waals surface area contributed by atoms with Gasteiger partial charge in [-0.25, -0.2) is 4.79 Å². The molecule has 0 spiro atoms. The van der Waals surface area contributed by atoms with Gasteiger partial charge in [-0.2, -0.15) is 9.79 Å². The second-order valence-corrected chi connectivity index (χ2v) is 17.2. The Morgan fingerprint density at radius 1 is 1.02 bits per heavy atom. The summed E-state index contributed by atoms with van der Waals surface area (Å²) in [5.74, 6) is -0.312. The third-order valence-electron chi connectivity index (χ3n) is 9.29. The lowest BCUT2D eigenvalue weighted by Gasteiger charge is -2.49. The maximum atomic E-state index is 13.9. The summed E-state index contributed by atoms with van der Waals surface area (Å²) in [5.41, 5.74) is 1.02. The number of carbonyl (C=O) groups is 2. The standard InChI is InChI=1S/C34H46ClN6O4P/c1-24(2)41(25(3)4)46(35,21-13-18-36)45-29-22-30(44-26(29)5)40-23-34(6,31(42)37-33(40)43)32-38(27-14-9-7-10-15-27)19-20-39(32)28-16-11-8-12-17-28/h7-12,14-17,24-26,29-30,32H,13,19-23H2,1-6H3/p+1/t26-,29+,30-,34?,46?/m1/s1. The van der Waals surface area contributed by atoms with E-state index in [4.69, 9.17) is 20.5 Å². The van der Waals surface area contributed by atoms with E-state index in [0.717, 1.165) is 24.5 Å². The molecule has 10 nitrogen and oxygen atoms in total. The molecule has 1 N–H and O–H groups in total. The third kappa shape index (κ3) is 6.72. The zero-order valence-electron chi connectivity index (χ0n) is 27.7. The molecule has 3 saturated heterocycles. The molecule has 0 radical (unpaired) electrons. The topological polar surface area (TPSA) is 101 Å². The van der Waals surface area contributed by atoms with Crippen LogP contribution in [0, 0.1) is 16.7 Å². The van der Waals surface area contributed by atoms with Crippen molar-refractivity contribution in [2.24, 2.45) is 5.41 Å². The van der Waals surface area contributed by atoms with Crippen LogP contribution in [0.4, 0.5) is 16.2 Å². The minimum Gasteiger partial charge on any atom is -0.352 e. The zero-order chi connectivity index (χ0) is 33.2. The largest absolute Gasteiger partial charge is 0.352 e. The van der Waals surface area contributed by atoms with Crippen LogP contribution in [0.25, 0.3) is 0 Å². The van der Waals surface area contributed by atoms with Gasteiger partial charge in [-0.05, 0) is 65.8 Å². The number of ether oxygens (including phenoxy) is 1. The van der Waals surface area contributed by atoms with E-state index in [2.05, 4.69) is 77.8 Å². The van der Waals surface area contributed by atoms with E-state index in [1.807, 2.05) is 50.2 Å². The molecule has 12 heteroatoms. The number of nitrogens with one attached hydrogen (secondary N) is 1. The Bertz CT molecular complexity index is 1360. The molecule has 2 aromatic carbocycles. The summed E-state index contributed by atoms with van der Waals surface area (Å²) in [5, 5.41) is 12.1. The summed E-state index contributed by atoms with van der Waals surface area (Å²) < 4.78 is 15.4. The Hall–Kier alpha value is -2.93. The number of amides is 3. The molecular formula is C34H47ClN6O4P+. The van der Waals surface area contributed by atoms with Crippen molar-refractivity contribution in [3.63, 3.8) is 0 Å². The molecule has 3 heterocycles. The third-order valence-corrected chi connectivity index (χ3v) is 13.5. The molecule has 248 valence electrons. The van der Waals surface area contributed by atoms with Crippen LogP contribution in [0.2, 0.25) is 0 Å². The van der Waals surface area contributed by atoms with Crippen LogP contribution >= 0.6 is 18.2 Å². The number of imide groups is 1. The number of benzene rings is 2. The molecule has 46 heavy (non-hydrogen) atoms. The van der Waals surface area contributed by atoms with Crippen molar-refractivity contribution in [3.8, 4) is 6.07 Å². The Balaban J connectivity index is 1.43. The van der Waals surface area contributed by atoms with E-state index in [1.165, 1.54) is 0 Å². The predicted octanol–water partition coefficient (Wildman–Crippen LogP) is 6.45. The average Bonchev–Trinajstić information content (AvgIpc) is 3.63. The van der Waals surface area contributed by atoms with Crippen LogP contribution in [0.5, 0.6) is 0 Å². The van der Waals surface area contributed by atoms with Crippen molar-refractivity contribution >= 4 is 41.5 Å². The fraction of sp³-hybridized carbons (Fsp3) is 0.559. The summed E-state index contributed by atoms with van der Waals surface area (Å²) in [4.78, 5) is 33.6. The maximum absolute atomic E-state index is 13.9. The molecule has 2 unspecified atom stereocenters. The number of hydrogen-bond acceptors (Lipinski definition) is 8. The molecule has 0 aromatic heterocycles. The lowest BCUT2D eigenvalue weighted by molar-refractivity contribution is -0.137. The van der Waals surface area contributed by atoms with Gasteiger partial charge in [0.25, 0.3) is 0 Å². The van der Waals surface area contributed by atoms with E-state index in [-0.39, 0.29) is 49.3 Å². The molecular weight excluding hydrogens is 623 g/mol. The number of nitrogens with zero attached hydrogens (tertiary/aromatic N) is 5. The molecule has 5 rings (SSSR count). The Morgan fingerprint density at radius 3 is 2.07 bits per heavy atom. The summed E-state index contributed by atoms with van der Waals surface area (Å²) in [6, 6.07) is 22.2. The zero-order valence-corrected chi connectivity index (χ0v) is 29.3. The van der Waals surface area contributed by atoms with Crippen LogP contribution in [-0.4, -0.2) is 84.0 Å². The number of rotatable bonds is 11. The Kier molecular flexibility index (Phi) is 10.5. The highest BCUT2D eigenvalue weighted by atomic mass is 35.7. The Morgan fingerprint density at radius 2 is 1.57 bits per heavy atom. The van der Waals surface area contributed by atoms with E-state index >= 15 is 0 Å². The van der Waals surface area contributed by atoms with Gasteiger partial charge in [0.05, 0.1) is 18.6 Å². The number of hydrogen-bond donors (Lipinski definition) is 1. The highest BCUT2D eigenvalue weighted by Crippen LogP contribution is 2.71. The van der Waals surface area contributed by atoms with Crippen LogP contribution in [0.3, 0.4) is 0 Å². The highest BCUT2D eigenvalue weighted by Gasteiger charge is 2.58. The molecule has 3 aliphatic heterocycles. The number of para-hydroxylation sites is 2. The quantitative estimate of drug-likeness (QED) is 0.273. The molecule has 3 amide bonds. The van der Waals surface area contributed by atoms with Crippen LogP contribution in [-0.2, 0) is 14.1 Å². The first-order chi connectivity index (χ1) is 21.9. The van der Waals surface area contributed by atoms with Crippen molar-refractivity contribution in [3.05, 3.63) is 60.7 Å². The predicted molar refractivity (Wildman–Crippen MR) is 184 cm³/mol. The van der Waals surface area contributed by atoms with Gasteiger partial charge in [-0.1, -0.05) is 36.4 Å². The summed E-state index contributed by atoms with van der Waals surface area (Å²) >= 11 is 7.34. The number of anilines is 2. The van der Waals surface area contributed by atoms with Crippen molar-refractivity contribution in [2.75, 3.05) is 35.6 Å². The SMILES string of the molecule is CC(C)N(C(C)C)[P+](Cl)(CCC#N)O[C@H]1C[C@H](N2CC(C)(C3N(c4ccccc4)CCN3c3ccccc3)C(=O)NC2=O)O[C@@H]1C. The molecule has 0 aliphatic carbocycles. The van der Waals surface area contributed by atoms with E-state index < -0.39 is 24.7 Å². The van der Waals surface area contributed by atoms with E-state index in [1.54, 1.807) is 4.90 Å². The van der Waals surface area contributed by atoms with Gasteiger partial charge >= 0.3 is 13.0 Å². The van der Waals surface area contributed by atoms with Crippen molar-refractivity contribution in [2.45, 2.75) is 91.1 Å². The monoisotopic (exact) mass is 669 g/mol. The first-order valence-electron chi connectivity index (χ1n) is 16.2. The van der Waals surface area contributed by atoms with Gasteiger partial charge < -0.3 is 14.5 Å². The second kappa shape index (κ2) is 14.0. The fourth-order valence-corrected chi connectivity index (χ4v) is 11.8. The van der Waals surface area contributed by atoms with Gasteiger partial charge in [0.2, 0.25) is 5.91 Å². The number of urea groups is 1. The maximum Gasteiger partial charge on any atom is 0.326 e. The summed E-state index contributed by atoms with van der Waals surface area (Å²) in [7, 11) is 0. The lowest BCUT2D eigenvalue weighted by Crippen LogP contribution is -2.69. The van der Waals surface area contributed by atoms with Crippen LogP contribution < -0.4 is 15.1 Å². The molecule has 3 aliphatic rings. The smallest absolute Gasteiger partial charge is 0.326 e. The first kappa shape index (κ1) is 34.4. The van der Waals surface area contributed by atoms with E-state index in [9.17, 15) is 14.9 Å². The fourth-order valence-electron chi connectivity index (χ4n) is 7.35. The highest BCUT2D eigenvalue weighted by molar-refractivity contribution is 7.93. The average molecular weight is 670 g/mol. The van der Waals surface area contributed by atoms with E-state index in [0.29, 0.717) is 12.6 Å². The lowest BCUT2D eigenvalue weighted by atomic mass is 9.82. The van der Waals surface area contributed by atoms with Crippen molar-refractivity contribution < 1.29 is 18.8 Å². The van der Waals surface area contributed by atoms with Crippen LogP contribution in [0.15, 0.2) is 60.7 Å². The van der Waals surface area contributed by atoms with Gasteiger partial charge in [0, 0.05) is 49.5 Å². The first-order valence-corrected chi connectivity index (χ1v) is 19.0. The number of nitriles is 1. The molecule has 2 aromatic rings. The molecule has 0 saturated carbocycles. The summed E-state index contributed by atoms with van der Waals surface area (Å²) in [6.45, 7) is 11.1. The molecule has 3 fully saturated rings. The normalized spacial score (nSPS) is 27.1. The Labute approximate surface area is 278 Å². The molecule has 5 atom stereocenters. The van der Waals surface area contributed by atoms with Gasteiger partial charge in [0.15, 0.2) is 0 Å². The van der Waals surface area contributed by atoms with Gasteiger partial charge in [-0.3, -0.25) is 15.0 Å². The minimum absolute atomic E-state index is 0.115.